The maximum absolute atomic E-state index is 13.0. The maximum atomic E-state index is 13.0. The van der Waals surface area contributed by atoms with E-state index in [-0.39, 0.29) is 30.2 Å². The Bertz CT molecular complexity index is 632. The summed E-state index contributed by atoms with van der Waals surface area (Å²) in [6.45, 7) is 11.2. The van der Waals surface area contributed by atoms with Gasteiger partial charge in [-0.1, -0.05) is 53.4 Å². The van der Waals surface area contributed by atoms with Crippen LogP contribution in [0.15, 0.2) is 5.38 Å². The molecule has 1 rings (SSSR count). The molecule has 0 spiro atoms. The second kappa shape index (κ2) is 14.5. The van der Waals surface area contributed by atoms with E-state index in [1.807, 2.05) is 4.90 Å². The molecule has 1 aromatic heterocycles. The van der Waals surface area contributed by atoms with Crippen molar-refractivity contribution in [3.8, 4) is 0 Å². The van der Waals surface area contributed by atoms with Crippen LogP contribution in [0.25, 0.3) is 0 Å². The SMILES string of the molecule is CCCCCCN(C(=O)CCCC)C(CC(O)c1nc(C(=O)OCC)cs1)C(C)C. The van der Waals surface area contributed by atoms with Gasteiger partial charge in [-0.3, -0.25) is 4.79 Å². The fraction of sp³-hybridized carbons (Fsp3) is 0.783. The summed E-state index contributed by atoms with van der Waals surface area (Å²) in [6.07, 6.45) is 6.43. The molecule has 1 heterocycles. The molecule has 0 aliphatic rings. The molecule has 172 valence electrons. The van der Waals surface area contributed by atoms with Crippen molar-refractivity contribution in [1.82, 2.24) is 9.88 Å². The highest BCUT2D eigenvalue weighted by Crippen LogP contribution is 2.28. The second-order valence-corrected chi connectivity index (χ2v) is 9.00. The van der Waals surface area contributed by atoms with E-state index in [0.717, 1.165) is 38.6 Å². The van der Waals surface area contributed by atoms with Crippen molar-refractivity contribution in [1.29, 1.82) is 0 Å². The lowest BCUT2D eigenvalue weighted by molar-refractivity contribution is -0.135. The van der Waals surface area contributed by atoms with Crippen molar-refractivity contribution in [3.63, 3.8) is 0 Å². The molecule has 7 heteroatoms. The minimum atomic E-state index is -0.817. The van der Waals surface area contributed by atoms with Gasteiger partial charge in [0.1, 0.15) is 11.1 Å². The largest absolute Gasteiger partial charge is 0.461 e. The molecule has 0 aliphatic carbocycles. The summed E-state index contributed by atoms with van der Waals surface area (Å²) >= 11 is 1.26. The molecule has 0 saturated heterocycles. The Morgan fingerprint density at radius 3 is 2.43 bits per heavy atom. The number of rotatable bonds is 15. The quantitative estimate of drug-likeness (QED) is 0.293. The Morgan fingerprint density at radius 2 is 1.83 bits per heavy atom. The van der Waals surface area contributed by atoms with Crippen LogP contribution in [0.4, 0.5) is 0 Å². The van der Waals surface area contributed by atoms with E-state index in [1.165, 1.54) is 17.8 Å². The summed E-state index contributed by atoms with van der Waals surface area (Å²) < 4.78 is 4.98. The van der Waals surface area contributed by atoms with Gasteiger partial charge in [0.2, 0.25) is 5.91 Å². The van der Waals surface area contributed by atoms with E-state index in [2.05, 4.69) is 32.7 Å². The van der Waals surface area contributed by atoms with Gasteiger partial charge in [-0.15, -0.1) is 11.3 Å². The molecule has 6 nitrogen and oxygen atoms in total. The Kier molecular flexibility index (Phi) is 12.9. The number of unbranched alkanes of at least 4 members (excludes halogenated alkanes) is 4. The number of aliphatic hydroxyl groups is 1. The molecule has 0 radical (unpaired) electrons. The van der Waals surface area contributed by atoms with Crippen molar-refractivity contribution >= 4 is 23.2 Å². The van der Waals surface area contributed by atoms with E-state index in [0.29, 0.717) is 17.8 Å². The number of aromatic nitrogens is 1. The van der Waals surface area contributed by atoms with Crippen LogP contribution in [0.5, 0.6) is 0 Å². The lowest BCUT2D eigenvalue weighted by Crippen LogP contribution is -2.44. The average Bonchev–Trinajstić information content (AvgIpc) is 3.21. The first-order chi connectivity index (χ1) is 14.3. The van der Waals surface area contributed by atoms with Crippen LogP contribution < -0.4 is 0 Å². The number of carbonyl (C=O) groups excluding carboxylic acids is 2. The van der Waals surface area contributed by atoms with Crippen molar-refractivity contribution in [2.45, 2.75) is 98.1 Å². The van der Waals surface area contributed by atoms with Crippen LogP contribution in [-0.2, 0) is 9.53 Å². The molecular weight excluding hydrogens is 400 g/mol. The number of hydrogen-bond donors (Lipinski definition) is 1. The summed E-state index contributed by atoms with van der Waals surface area (Å²) in [5.41, 5.74) is 0.229. The van der Waals surface area contributed by atoms with Crippen LogP contribution >= 0.6 is 11.3 Å². The van der Waals surface area contributed by atoms with Gasteiger partial charge in [0.15, 0.2) is 5.69 Å². The number of ether oxygens (including phenoxy) is 1. The highest BCUT2D eigenvalue weighted by Gasteiger charge is 2.29. The molecule has 2 atom stereocenters. The summed E-state index contributed by atoms with van der Waals surface area (Å²) in [7, 11) is 0. The summed E-state index contributed by atoms with van der Waals surface area (Å²) in [5, 5.41) is 13.0. The predicted molar refractivity (Wildman–Crippen MR) is 122 cm³/mol. The zero-order valence-electron chi connectivity index (χ0n) is 19.4. The zero-order valence-corrected chi connectivity index (χ0v) is 20.2. The zero-order chi connectivity index (χ0) is 22.5. The molecule has 1 amide bonds. The lowest BCUT2D eigenvalue weighted by atomic mass is 9.95. The van der Waals surface area contributed by atoms with Gasteiger partial charge in [0.25, 0.3) is 0 Å². The molecule has 2 unspecified atom stereocenters. The van der Waals surface area contributed by atoms with Crippen LogP contribution in [-0.4, -0.2) is 46.1 Å². The third-order valence-electron chi connectivity index (χ3n) is 5.24. The van der Waals surface area contributed by atoms with Gasteiger partial charge >= 0.3 is 5.97 Å². The first-order valence-corrected chi connectivity index (χ1v) is 12.3. The van der Waals surface area contributed by atoms with Crippen molar-refractivity contribution < 1.29 is 19.4 Å². The van der Waals surface area contributed by atoms with Crippen molar-refractivity contribution in [2.75, 3.05) is 13.2 Å². The van der Waals surface area contributed by atoms with Gasteiger partial charge < -0.3 is 14.7 Å². The van der Waals surface area contributed by atoms with Gasteiger partial charge in [0.05, 0.1) is 6.61 Å². The number of aliphatic hydroxyl groups excluding tert-OH is 1. The number of esters is 1. The van der Waals surface area contributed by atoms with E-state index >= 15 is 0 Å². The molecule has 0 fully saturated rings. The van der Waals surface area contributed by atoms with Gasteiger partial charge in [-0.05, 0) is 25.7 Å². The maximum Gasteiger partial charge on any atom is 0.357 e. The van der Waals surface area contributed by atoms with E-state index < -0.39 is 12.1 Å². The fourth-order valence-corrected chi connectivity index (χ4v) is 4.27. The van der Waals surface area contributed by atoms with E-state index in [9.17, 15) is 14.7 Å². The average molecular weight is 441 g/mol. The highest BCUT2D eigenvalue weighted by molar-refractivity contribution is 7.09. The molecule has 0 bridgehead atoms. The highest BCUT2D eigenvalue weighted by atomic mass is 32.1. The summed E-state index contributed by atoms with van der Waals surface area (Å²) in [5.74, 6) is -0.0913. The standard InChI is InChI=1S/C23H40N2O4S/c1-6-9-11-12-14-25(21(27)13-10-7-2)19(17(4)5)15-20(26)22-24-18(16-30-22)23(28)29-8-3/h16-17,19-20,26H,6-15H2,1-5H3. The smallest absolute Gasteiger partial charge is 0.357 e. The van der Waals surface area contributed by atoms with Crippen LogP contribution in [0.1, 0.15) is 108 Å². The van der Waals surface area contributed by atoms with Gasteiger partial charge in [-0.25, -0.2) is 9.78 Å². The van der Waals surface area contributed by atoms with Crippen LogP contribution in [0.2, 0.25) is 0 Å². The normalized spacial score (nSPS) is 13.3. The summed E-state index contributed by atoms with van der Waals surface area (Å²) in [4.78, 5) is 31.1. The monoisotopic (exact) mass is 440 g/mol. The Balaban J connectivity index is 2.91. The van der Waals surface area contributed by atoms with E-state index in [1.54, 1.807) is 12.3 Å². The number of carbonyl (C=O) groups is 2. The Hall–Kier alpha value is -1.47. The molecule has 0 aliphatic heterocycles. The number of amides is 1. The third kappa shape index (κ3) is 8.72. The molecule has 1 N–H and O–H groups in total. The third-order valence-corrected chi connectivity index (χ3v) is 6.19. The van der Waals surface area contributed by atoms with Gasteiger partial charge in [-0.2, -0.15) is 0 Å². The van der Waals surface area contributed by atoms with E-state index in [4.69, 9.17) is 4.74 Å². The van der Waals surface area contributed by atoms with Gasteiger partial charge in [0, 0.05) is 30.8 Å². The number of nitrogens with zero attached hydrogens (tertiary/aromatic N) is 2. The molecular formula is C23H40N2O4S. The first kappa shape index (κ1) is 26.6. The second-order valence-electron chi connectivity index (χ2n) is 8.11. The molecule has 0 aromatic carbocycles. The molecule has 1 aromatic rings. The Morgan fingerprint density at radius 1 is 1.13 bits per heavy atom. The van der Waals surface area contributed by atoms with Crippen LogP contribution in [0, 0.1) is 5.92 Å². The molecule has 0 saturated carbocycles. The fourth-order valence-electron chi connectivity index (χ4n) is 3.48. The summed E-state index contributed by atoms with van der Waals surface area (Å²) in [6, 6.07) is -0.0686. The van der Waals surface area contributed by atoms with Crippen molar-refractivity contribution in [3.05, 3.63) is 16.1 Å². The Labute approximate surface area is 186 Å². The van der Waals surface area contributed by atoms with Crippen LogP contribution in [0.3, 0.4) is 0 Å². The lowest BCUT2D eigenvalue weighted by Gasteiger charge is -2.36. The number of hydrogen-bond acceptors (Lipinski definition) is 6. The first-order valence-electron chi connectivity index (χ1n) is 11.5. The number of thiazole rings is 1. The molecule has 30 heavy (non-hydrogen) atoms. The topological polar surface area (TPSA) is 79.7 Å². The minimum absolute atomic E-state index is 0.0686. The minimum Gasteiger partial charge on any atom is -0.461 e. The predicted octanol–water partition coefficient (Wildman–Crippen LogP) is 5.37. The van der Waals surface area contributed by atoms with Crippen molar-refractivity contribution in [2.24, 2.45) is 5.92 Å².